The third-order valence-electron chi connectivity index (χ3n) is 5.07. The fraction of sp³-hybridized carbons (Fsp3) is 0.105. The first-order valence-electron chi connectivity index (χ1n) is 9.21. The molecule has 1 aliphatic carbocycles. The van der Waals surface area contributed by atoms with Gasteiger partial charge in [0.1, 0.15) is 5.69 Å². The Labute approximate surface area is 187 Å². The first-order chi connectivity index (χ1) is 15.4. The molecular formula is C19H16N4O8S2. The largest absolute Gasteiger partial charge is 0.478 e. The lowest BCUT2D eigenvalue weighted by Crippen LogP contribution is -2.15. The summed E-state index contributed by atoms with van der Waals surface area (Å²) >= 11 is 0. The molecule has 1 heterocycles. The summed E-state index contributed by atoms with van der Waals surface area (Å²) in [5, 5.41) is 17.8. The Morgan fingerprint density at radius 1 is 1.09 bits per heavy atom. The van der Waals surface area contributed by atoms with Gasteiger partial charge in [-0.1, -0.05) is 12.2 Å². The number of allylic oxidation sites excluding steroid dienone is 1. The fourth-order valence-corrected chi connectivity index (χ4v) is 5.09. The van der Waals surface area contributed by atoms with E-state index in [1.54, 1.807) is 6.08 Å². The van der Waals surface area contributed by atoms with Crippen LogP contribution in [0.4, 0.5) is 5.69 Å². The number of carbonyl (C=O) groups is 1. The number of carboxylic acids is 1. The highest BCUT2D eigenvalue weighted by molar-refractivity contribution is 7.86. The molecule has 2 aromatic carbocycles. The molecule has 14 heteroatoms. The Morgan fingerprint density at radius 2 is 1.82 bits per heavy atom. The molecule has 0 bridgehead atoms. The number of rotatable bonds is 5. The predicted octanol–water partition coefficient (Wildman–Crippen LogP) is 1.59. The standard InChI is InChI=1S/C19H16N4O8S2/c20-11-4-5-16(14(7-11)19(24)25)23-21-9-15(22-23)13-3-1-2-10-6-12(32(26,27)28)8-17(18(10)13)33(29,30)31/h1-2,4-9,13H,3,20H2,(H,24,25)(H,26,27,28)(H,29,30,31). The summed E-state index contributed by atoms with van der Waals surface area (Å²) in [4.78, 5) is 11.2. The number of hydrogen-bond donors (Lipinski definition) is 4. The van der Waals surface area contributed by atoms with Crippen molar-refractivity contribution in [1.82, 2.24) is 15.0 Å². The van der Waals surface area contributed by atoms with Crippen LogP contribution in [0.3, 0.4) is 0 Å². The number of fused-ring (bicyclic) bond motifs is 1. The van der Waals surface area contributed by atoms with Crippen LogP contribution < -0.4 is 5.73 Å². The van der Waals surface area contributed by atoms with Crippen molar-refractivity contribution in [2.45, 2.75) is 22.1 Å². The molecule has 0 spiro atoms. The Hall–Kier alpha value is -3.59. The van der Waals surface area contributed by atoms with Crippen LogP contribution in [0.25, 0.3) is 11.8 Å². The Morgan fingerprint density at radius 3 is 2.45 bits per heavy atom. The average Bonchev–Trinajstić information content (AvgIpc) is 3.20. The molecule has 0 aliphatic heterocycles. The molecule has 33 heavy (non-hydrogen) atoms. The minimum Gasteiger partial charge on any atom is -0.478 e. The highest BCUT2D eigenvalue weighted by Gasteiger charge is 2.31. The van der Waals surface area contributed by atoms with Crippen molar-refractivity contribution in [3.63, 3.8) is 0 Å². The van der Waals surface area contributed by atoms with Crippen molar-refractivity contribution in [3.05, 3.63) is 65.0 Å². The van der Waals surface area contributed by atoms with E-state index in [9.17, 15) is 35.8 Å². The lowest BCUT2D eigenvalue weighted by atomic mass is 9.85. The SMILES string of the molecule is Nc1ccc(-n2ncc(C3CC=Cc4cc(S(=O)(=O)O)cc(S(=O)(=O)O)c43)n2)c(C(=O)O)c1. The molecule has 1 aromatic heterocycles. The van der Waals surface area contributed by atoms with Crippen molar-refractivity contribution < 1.29 is 35.8 Å². The number of nitrogens with two attached hydrogens (primary N) is 1. The molecule has 172 valence electrons. The number of benzene rings is 2. The Kier molecular flexibility index (Phi) is 5.32. The normalized spacial score (nSPS) is 15.9. The minimum absolute atomic E-state index is 0.0650. The summed E-state index contributed by atoms with van der Waals surface area (Å²) < 4.78 is 66.5. The second-order valence-electron chi connectivity index (χ2n) is 7.21. The van der Waals surface area contributed by atoms with Crippen molar-refractivity contribution in [3.8, 4) is 5.69 Å². The number of hydrogen-bond acceptors (Lipinski definition) is 8. The maximum atomic E-state index is 12.1. The van der Waals surface area contributed by atoms with Gasteiger partial charge in [-0.25, -0.2) is 4.79 Å². The zero-order valence-corrected chi connectivity index (χ0v) is 18.2. The molecule has 1 atom stereocenters. The van der Waals surface area contributed by atoms with Crippen LogP contribution in [0.15, 0.2) is 52.4 Å². The topological polar surface area (TPSA) is 203 Å². The summed E-state index contributed by atoms with van der Waals surface area (Å²) in [7, 11) is -9.65. The molecule has 1 unspecified atom stereocenters. The monoisotopic (exact) mass is 492 g/mol. The Bertz CT molecular complexity index is 1540. The summed E-state index contributed by atoms with van der Waals surface area (Å²) in [6, 6.07) is 5.88. The molecule has 0 saturated carbocycles. The van der Waals surface area contributed by atoms with Crippen LogP contribution in [0.5, 0.6) is 0 Å². The predicted molar refractivity (Wildman–Crippen MR) is 114 cm³/mol. The van der Waals surface area contributed by atoms with Crippen LogP contribution >= 0.6 is 0 Å². The van der Waals surface area contributed by atoms with Crippen molar-refractivity contribution >= 4 is 38.0 Å². The summed E-state index contributed by atoms with van der Waals surface area (Å²) in [6.07, 6.45) is 4.63. The lowest BCUT2D eigenvalue weighted by Gasteiger charge is -2.23. The molecule has 12 nitrogen and oxygen atoms in total. The molecule has 5 N–H and O–H groups in total. The smallest absolute Gasteiger partial charge is 0.338 e. The summed E-state index contributed by atoms with van der Waals surface area (Å²) in [5.74, 6) is -2.03. The maximum absolute atomic E-state index is 12.1. The number of carboxylic acid groups (broad SMARTS) is 1. The highest BCUT2D eigenvalue weighted by Crippen LogP contribution is 2.40. The average molecular weight is 492 g/mol. The van der Waals surface area contributed by atoms with Gasteiger partial charge in [0.15, 0.2) is 0 Å². The van der Waals surface area contributed by atoms with Gasteiger partial charge in [0.05, 0.1) is 27.2 Å². The molecule has 0 radical (unpaired) electrons. The van der Waals surface area contributed by atoms with Gasteiger partial charge in [-0.2, -0.15) is 31.8 Å². The highest BCUT2D eigenvalue weighted by atomic mass is 32.2. The third kappa shape index (κ3) is 4.23. The summed E-state index contributed by atoms with van der Waals surface area (Å²) in [5.41, 5.74) is 6.28. The number of nitrogen functional groups attached to an aromatic ring is 1. The van der Waals surface area contributed by atoms with E-state index in [1.807, 2.05) is 0 Å². The minimum atomic E-state index is -4.89. The molecule has 0 saturated heterocycles. The maximum Gasteiger partial charge on any atom is 0.338 e. The van der Waals surface area contributed by atoms with Gasteiger partial charge in [0.25, 0.3) is 20.2 Å². The fourth-order valence-electron chi connectivity index (χ4n) is 3.66. The van der Waals surface area contributed by atoms with E-state index in [2.05, 4.69) is 10.2 Å². The van der Waals surface area contributed by atoms with E-state index < -0.39 is 41.9 Å². The second-order valence-corrected chi connectivity index (χ2v) is 10.0. The van der Waals surface area contributed by atoms with Crippen LogP contribution in [0, 0.1) is 0 Å². The van der Waals surface area contributed by atoms with Gasteiger partial charge in [-0.3, -0.25) is 9.11 Å². The van der Waals surface area contributed by atoms with Crippen molar-refractivity contribution in [1.29, 1.82) is 0 Å². The van der Waals surface area contributed by atoms with E-state index in [0.29, 0.717) is 6.07 Å². The molecule has 4 rings (SSSR count). The number of aromatic nitrogens is 3. The van der Waals surface area contributed by atoms with Crippen LogP contribution in [0.1, 0.15) is 39.5 Å². The molecular weight excluding hydrogens is 476 g/mol. The van der Waals surface area contributed by atoms with Crippen LogP contribution in [-0.4, -0.2) is 52.0 Å². The van der Waals surface area contributed by atoms with E-state index in [-0.39, 0.29) is 40.2 Å². The van der Waals surface area contributed by atoms with Gasteiger partial charge < -0.3 is 10.8 Å². The molecule has 0 amide bonds. The second kappa shape index (κ2) is 7.77. The lowest BCUT2D eigenvalue weighted by molar-refractivity contribution is 0.0696. The van der Waals surface area contributed by atoms with Gasteiger partial charge in [-0.15, -0.1) is 0 Å². The van der Waals surface area contributed by atoms with E-state index in [4.69, 9.17) is 5.73 Å². The van der Waals surface area contributed by atoms with E-state index in [1.165, 1.54) is 30.5 Å². The summed E-state index contributed by atoms with van der Waals surface area (Å²) in [6.45, 7) is 0. The quantitative estimate of drug-likeness (QED) is 0.297. The van der Waals surface area contributed by atoms with Gasteiger partial charge >= 0.3 is 5.97 Å². The van der Waals surface area contributed by atoms with Crippen molar-refractivity contribution in [2.75, 3.05) is 5.73 Å². The number of nitrogens with zero attached hydrogens (tertiary/aromatic N) is 3. The number of anilines is 1. The first-order valence-corrected chi connectivity index (χ1v) is 12.1. The molecule has 0 fully saturated rings. The van der Waals surface area contributed by atoms with Crippen LogP contribution in [-0.2, 0) is 20.2 Å². The number of aromatic carboxylic acids is 1. The van der Waals surface area contributed by atoms with E-state index >= 15 is 0 Å². The van der Waals surface area contributed by atoms with Gasteiger partial charge in [-0.05, 0) is 47.9 Å². The van der Waals surface area contributed by atoms with Crippen LogP contribution in [0.2, 0.25) is 0 Å². The van der Waals surface area contributed by atoms with E-state index in [0.717, 1.165) is 10.9 Å². The zero-order chi connectivity index (χ0) is 24.1. The molecule has 1 aliphatic rings. The Balaban J connectivity index is 1.88. The molecule has 3 aromatic rings. The van der Waals surface area contributed by atoms with Crippen molar-refractivity contribution in [2.24, 2.45) is 0 Å². The third-order valence-corrected chi connectivity index (χ3v) is 6.80. The van der Waals surface area contributed by atoms with Gasteiger partial charge in [0.2, 0.25) is 0 Å². The first kappa shape index (κ1) is 22.6. The van der Waals surface area contributed by atoms with Gasteiger partial charge in [0, 0.05) is 11.6 Å². The zero-order valence-electron chi connectivity index (χ0n) is 16.5.